The number of nitrogens with zero attached hydrogens (tertiary/aromatic N) is 2. The summed E-state index contributed by atoms with van der Waals surface area (Å²) in [5.41, 5.74) is 3.63. The minimum Gasteiger partial charge on any atom is -0.497 e. The Labute approximate surface area is 191 Å². The number of likely N-dealkylation sites (tertiary alicyclic amines) is 1. The van der Waals surface area contributed by atoms with Gasteiger partial charge in [-0.15, -0.1) is 0 Å². The van der Waals surface area contributed by atoms with E-state index in [-0.39, 0.29) is 37.3 Å². The number of aliphatic hydroxyl groups is 2. The van der Waals surface area contributed by atoms with Crippen molar-refractivity contribution in [3.8, 4) is 5.75 Å². The number of methoxy groups -OCH3 is 1. The molecule has 1 aromatic rings. The quantitative estimate of drug-likeness (QED) is 0.442. The molecule has 1 aromatic carbocycles. The first kappa shape index (κ1) is 23.2. The first-order valence-electron chi connectivity index (χ1n) is 11.2. The van der Waals surface area contributed by atoms with E-state index in [9.17, 15) is 24.6 Å². The predicted molar refractivity (Wildman–Crippen MR) is 116 cm³/mol. The monoisotopic (exact) mass is 459 g/mol. The topological polar surface area (TPSA) is 138 Å². The van der Waals surface area contributed by atoms with Crippen LogP contribution in [0, 0.1) is 23.7 Å². The molecule has 178 valence electrons. The number of hydrogen-bond donors (Lipinski definition) is 3. The lowest BCUT2D eigenvalue weighted by Gasteiger charge is -2.45. The van der Waals surface area contributed by atoms with E-state index in [0.29, 0.717) is 24.3 Å². The molecule has 10 nitrogen and oxygen atoms in total. The Morgan fingerprint density at radius 1 is 1.15 bits per heavy atom. The molecular formula is C23H29N3O7. The second-order valence-electron chi connectivity index (χ2n) is 8.72. The first-order valence-corrected chi connectivity index (χ1v) is 11.2. The van der Waals surface area contributed by atoms with E-state index < -0.39 is 36.1 Å². The average Bonchev–Trinajstić information content (AvgIpc) is 3.08. The number of nitrogens with one attached hydrogen (secondary N) is 1. The number of carbonyl (C=O) groups is 3. The van der Waals surface area contributed by atoms with Gasteiger partial charge in [-0.2, -0.15) is 5.10 Å². The number of ether oxygens (including phenoxy) is 2. The molecule has 2 aliphatic carbocycles. The fraction of sp³-hybridized carbons (Fsp3) is 0.565. The maximum atomic E-state index is 12.9. The van der Waals surface area contributed by atoms with Crippen molar-refractivity contribution in [1.82, 2.24) is 10.3 Å². The van der Waals surface area contributed by atoms with Crippen LogP contribution in [0.15, 0.2) is 29.4 Å². The molecule has 6 atom stereocenters. The first-order chi connectivity index (χ1) is 15.8. The highest BCUT2D eigenvalue weighted by molar-refractivity contribution is 6.06. The summed E-state index contributed by atoms with van der Waals surface area (Å²) in [6, 6.07) is 7.08. The van der Waals surface area contributed by atoms with Crippen LogP contribution >= 0.6 is 0 Å². The predicted octanol–water partition coefficient (Wildman–Crippen LogP) is 1.05. The lowest BCUT2D eigenvalue weighted by atomic mass is 9.60. The number of hydrazone groups is 1. The second kappa shape index (κ2) is 9.48. The van der Waals surface area contributed by atoms with Crippen molar-refractivity contribution in [3.05, 3.63) is 29.8 Å². The van der Waals surface area contributed by atoms with Crippen molar-refractivity contribution >= 4 is 23.6 Å². The van der Waals surface area contributed by atoms with E-state index in [2.05, 4.69) is 10.5 Å². The van der Waals surface area contributed by atoms with Gasteiger partial charge in [0.25, 0.3) is 0 Å². The van der Waals surface area contributed by atoms with Crippen molar-refractivity contribution in [2.45, 2.75) is 45.0 Å². The van der Waals surface area contributed by atoms with E-state index in [1.54, 1.807) is 38.3 Å². The molecule has 0 unspecified atom stereocenters. The van der Waals surface area contributed by atoms with Gasteiger partial charge in [-0.1, -0.05) is 12.1 Å². The third kappa shape index (κ3) is 4.32. The van der Waals surface area contributed by atoms with Gasteiger partial charge < -0.3 is 19.7 Å². The molecule has 1 saturated heterocycles. The number of hydrogen-bond acceptors (Lipinski definition) is 8. The molecule has 1 heterocycles. The van der Waals surface area contributed by atoms with E-state index in [1.807, 2.05) is 0 Å². The van der Waals surface area contributed by atoms with Gasteiger partial charge in [-0.05, 0) is 37.5 Å². The summed E-state index contributed by atoms with van der Waals surface area (Å²) in [6.07, 6.45) is -1.94. The Balaban J connectivity index is 1.44. The van der Waals surface area contributed by atoms with Gasteiger partial charge in [0.05, 0.1) is 31.2 Å². The average molecular weight is 459 g/mol. The Hall–Kier alpha value is -2.98. The van der Waals surface area contributed by atoms with Crippen LogP contribution in [-0.2, 0) is 20.9 Å². The highest BCUT2D eigenvalue weighted by atomic mass is 16.6. The van der Waals surface area contributed by atoms with Crippen molar-refractivity contribution in [1.29, 1.82) is 0 Å². The number of amides is 3. The molecule has 10 heteroatoms. The van der Waals surface area contributed by atoms with Crippen LogP contribution in [0.1, 0.15) is 31.7 Å². The summed E-state index contributed by atoms with van der Waals surface area (Å²) >= 11 is 0. The molecule has 0 radical (unpaired) electrons. The SMILES string of the molecule is CCN1C(=O)[C@H]2[C@H]3[C@H](O)[C@H](O)C/C(=N/NC(=O)OCc4ccc(OC)cc4)[C@H]3CC[C@@H]2C1=O. The van der Waals surface area contributed by atoms with E-state index in [0.717, 1.165) is 5.56 Å². The number of aliphatic hydroxyl groups excluding tert-OH is 2. The van der Waals surface area contributed by atoms with E-state index >= 15 is 0 Å². The molecular weight excluding hydrogens is 430 g/mol. The molecule has 3 N–H and O–H groups in total. The van der Waals surface area contributed by atoms with Gasteiger partial charge in [0.1, 0.15) is 12.4 Å². The van der Waals surface area contributed by atoms with Crippen LogP contribution in [0.5, 0.6) is 5.75 Å². The Kier molecular flexibility index (Phi) is 6.66. The molecule has 0 spiro atoms. The van der Waals surface area contributed by atoms with Crippen LogP contribution < -0.4 is 10.2 Å². The maximum absolute atomic E-state index is 12.9. The standard InChI is InChI=1S/C23H29N3O7/c1-3-26-21(29)15-9-8-14-16(10-17(27)20(28)18(14)19(15)22(26)30)24-25-23(31)33-11-12-4-6-13(32-2)7-5-12/h4-7,14-15,17-20,27-28H,3,8-11H2,1-2H3,(H,25,31)/b24-16-/t14-,15+,17-,18+,19-,20-/m1/s1. The van der Waals surface area contributed by atoms with Crippen LogP contribution in [-0.4, -0.2) is 64.6 Å². The molecule has 1 aliphatic heterocycles. The van der Waals surface area contributed by atoms with Gasteiger partial charge in [0.15, 0.2) is 0 Å². The summed E-state index contributed by atoms with van der Waals surface area (Å²) < 4.78 is 10.3. The minimum absolute atomic E-state index is 0.0429. The molecule has 3 aliphatic rings. The third-order valence-corrected chi connectivity index (χ3v) is 7.01. The minimum atomic E-state index is -1.14. The number of fused-ring (bicyclic) bond motifs is 3. The van der Waals surface area contributed by atoms with Crippen molar-refractivity contribution in [3.63, 3.8) is 0 Å². The van der Waals surface area contributed by atoms with Gasteiger partial charge in [0, 0.05) is 30.5 Å². The van der Waals surface area contributed by atoms with E-state index in [1.165, 1.54) is 4.90 Å². The Morgan fingerprint density at radius 3 is 2.52 bits per heavy atom. The van der Waals surface area contributed by atoms with Gasteiger partial charge in [-0.3, -0.25) is 14.5 Å². The van der Waals surface area contributed by atoms with Crippen molar-refractivity contribution in [2.24, 2.45) is 28.8 Å². The third-order valence-electron chi connectivity index (χ3n) is 7.01. The van der Waals surface area contributed by atoms with Crippen LogP contribution in [0.25, 0.3) is 0 Å². The zero-order chi connectivity index (χ0) is 23.7. The Bertz CT molecular complexity index is 948. The van der Waals surface area contributed by atoms with Crippen molar-refractivity contribution in [2.75, 3.05) is 13.7 Å². The fourth-order valence-electron chi connectivity index (χ4n) is 5.39. The second-order valence-corrected chi connectivity index (χ2v) is 8.72. The van der Waals surface area contributed by atoms with Crippen molar-refractivity contribution < 1.29 is 34.1 Å². The lowest BCUT2D eigenvalue weighted by molar-refractivity contribution is -0.141. The largest absolute Gasteiger partial charge is 0.497 e. The zero-order valence-corrected chi connectivity index (χ0v) is 18.6. The summed E-state index contributed by atoms with van der Waals surface area (Å²) in [5.74, 6) is -1.94. The van der Waals surface area contributed by atoms with E-state index in [4.69, 9.17) is 9.47 Å². The maximum Gasteiger partial charge on any atom is 0.428 e. The highest BCUT2D eigenvalue weighted by Gasteiger charge is 2.59. The number of carbonyl (C=O) groups excluding carboxylic acids is 3. The summed E-state index contributed by atoms with van der Waals surface area (Å²) in [5, 5.41) is 25.3. The summed E-state index contributed by atoms with van der Waals surface area (Å²) in [7, 11) is 1.57. The van der Waals surface area contributed by atoms with Crippen LogP contribution in [0.2, 0.25) is 0 Å². The highest BCUT2D eigenvalue weighted by Crippen LogP contribution is 2.49. The fourth-order valence-corrected chi connectivity index (χ4v) is 5.39. The number of rotatable bonds is 5. The smallest absolute Gasteiger partial charge is 0.428 e. The molecule has 3 fully saturated rings. The summed E-state index contributed by atoms with van der Waals surface area (Å²) in [4.78, 5) is 38.9. The zero-order valence-electron chi connectivity index (χ0n) is 18.6. The van der Waals surface area contributed by atoms with Gasteiger partial charge >= 0.3 is 6.09 Å². The number of benzene rings is 1. The normalized spacial score (nSPS) is 32.4. The van der Waals surface area contributed by atoms with Crippen LogP contribution in [0.4, 0.5) is 4.79 Å². The molecule has 0 bridgehead atoms. The van der Waals surface area contributed by atoms with Crippen LogP contribution in [0.3, 0.4) is 0 Å². The van der Waals surface area contributed by atoms with Gasteiger partial charge in [-0.25, -0.2) is 10.2 Å². The molecule has 3 amide bonds. The molecule has 0 aromatic heterocycles. The Morgan fingerprint density at radius 2 is 1.85 bits per heavy atom. The lowest BCUT2D eigenvalue weighted by Crippen LogP contribution is -2.55. The summed E-state index contributed by atoms with van der Waals surface area (Å²) in [6.45, 7) is 2.07. The number of imide groups is 1. The molecule has 2 saturated carbocycles. The molecule has 4 rings (SSSR count). The van der Waals surface area contributed by atoms with Gasteiger partial charge in [0.2, 0.25) is 11.8 Å². The molecule has 33 heavy (non-hydrogen) atoms.